The number of imidazole rings is 1. The van der Waals surface area contributed by atoms with E-state index in [1.54, 1.807) is 12.1 Å². The molecule has 0 N–H and O–H groups in total. The molecule has 0 saturated carbocycles. The number of rotatable bonds is 8. The quantitative estimate of drug-likeness (QED) is 0.142. The Hall–Kier alpha value is -8.25. The molecule has 2 aliphatic heterocycles. The Kier molecular flexibility index (Phi) is 10.1. The fourth-order valence-corrected chi connectivity index (χ4v) is 12.0. The molecular formula is C65H50BN5OPt. The average Bonchev–Trinajstić information content (AvgIpc) is 4.09. The molecule has 0 atom stereocenters. The van der Waals surface area contributed by atoms with Crippen LogP contribution in [0.4, 0.5) is 22.9 Å². The molecule has 0 spiro atoms. The van der Waals surface area contributed by atoms with Gasteiger partial charge in [-0.25, -0.2) is 0 Å². The van der Waals surface area contributed by atoms with E-state index in [1.807, 2.05) is 42.5 Å². The molecule has 73 heavy (non-hydrogen) atoms. The second kappa shape index (κ2) is 17.8. The van der Waals surface area contributed by atoms with Crippen LogP contribution in [-0.4, -0.2) is 21.1 Å². The standard InChI is InChI=1S/C65H50BN5O.Pt/c1-44-20-8-9-25-50(44)55-40-41-62(71-61-35-17-16-34-60(61)70-57-31-13-11-27-54(57)53-26-10-12-30-56(53)66(70)71)67-64(55)72-49-24-18-23-48(42-49)68-43-69(59-33-15-14-32-58(59)68)63-51(45-21-6-5-7-22-45)28-19-29-52(63)46-36-38-47(39-37-46)65(2,3)4;/h5-42H,1-4H3;/i1D3;. The van der Waals surface area contributed by atoms with Crippen molar-refractivity contribution in [3.05, 3.63) is 245 Å². The number of ether oxygens (including phenoxy) is 1. The van der Waals surface area contributed by atoms with E-state index in [1.165, 1.54) is 11.1 Å². The third-order valence-corrected chi connectivity index (χ3v) is 15.3. The van der Waals surface area contributed by atoms with Crippen LogP contribution in [0.15, 0.2) is 231 Å². The van der Waals surface area contributed by atoms with Crippen molar-refractivity contribution in [3.63, 3.8) is 0 Å². The van der Waals surface area contributed by atoms with Crippen LogP contribution in [0.5, 0.6) is 11.6 Å². The Bertz CT molecular complexity index is 4130. The van der Waals surface area contributed by atoms with Crippen molar-refractivity contribution in [3.8, 4) is 67.5 Å². The van der Waals surface area contributed by atoms with Gasteiger partial charge in [0.1, 0.15) is 0 Å². The van der Waals surface area contributed by atoms with Gasteiger partial charge < -0.3 is 0 Å². The Morgan fingerprint density at radius 1 is 0.493 bits per heavy atom. The fourth-order valence-electron chi connectivity index (χ4n) is 10.9. The van der Waals surface area contributed by atoms with Gasteiger partial charge in [0.2, 0.25) is 0 Å². The van der Waals surface area contributed by atoms with Gasteiger partial charge >= 0.3 is 361 Å². The molecule has 0 amide bonds. The molecule has 8 heteroatoms. The molecule has 9 aromatic carbocycles. The minimum atomic E-state index is -2.39. The van der Waals surface area contributed by atoms with Gasteiger partial charge in [0, 0.05) is 11.3 Å². The molecule has 0 bridgehead atoms. The zero-order valence-corrected chi connectivity index (χ0v) is 42.7. The monoisotopic (exact) mass is 1130 g/mol. The summed E-state index contributed by atoms with van der Waals surface area (Å²) in [6.45, 7) is 4.09. The number of aromatic nitrogens is 3. The molecule has 0 saturated heterocycles. The summed E-state index contributed by atoms with van der Waals surface area (Å²) in [6.07, 6.45) is 0. The van der Waals surface area contributed by atoms with E-state index in [4.69, 9.17) is 13.8 Å². The number of para-hydroxylation sites is 6. The number of nitrogens with zero attached hydrogens (tertiary/aromatic N) is 5. The number of fused-ring (bicyclic) bond motifs is 9. The van der Waals surface area contributed by atoms with Crippen molar-refractivity contribution in [1.29, 1.82) is 0 Å². The first-order valence-electron chi connectivity index (χ1n) is 26.1. The Morgan fingerprint density at radius 2 is 1.08 bits per heavy atom. The van der Waals surface area contributed by atoms with Gasteiger partial charge in [-0.15, -0.1) is 0 Å². The Labute approximate surface area is 441 Å². The third-order valence-electron chi connectivity index (χ3n) is 14.3. The molecule has 11 aromatic rings. The van der Waals surface area contributed by atoms with Crippen LogP contribution < -0.4 is 19.8 Å². The van der Waals surface area contributed by atoms with Crippen molar-refractivity contribution < 1.29 is 28.2 Å². The van der Waals surface area contributed by atoms with Crippen molar-refractivity contribution in [2.45, 2.75) is 33.0 Å². The van der Waals surface area contributed by atoms with Crippen LogP contribution in [0.1, 0.15) is 36.0 Å². The molecule has 354 valence electrons. The van der Waals surface area contributed by atoms with E-state index in [-0.39, 0.29) is 23.8 Å². The summed E-state index contributed by atoms with van der Waals surface area (Å²) in [5, 5.41) is 0. The Morgan fingerprint density at radius 3 is 1.82 bits per heavy atom. The first-order chi connectivity index (χ1) is 36.9. The molecule has 2 aliphatic rings. The molecule has 4 heterocycles. The molecule has 2 aromatic heterocycles. The van der Waals surface area contributed by atoms with E-state index >= 15 is 0 Å². The summed E-state index contributed by atoms with van der Waals surface area (Å²) in [5.41, 5.74) is 17.8. The van der Waals surface area contributed by atoms with Crippen molar-refractivity contribution >= 4 is 46.4 Å². The molecule has 0 aliphatic carbocycles. The van der Waals surface area contributed by atoms with Gasteiger partial charge in [0.05, 0.1) is 0 Å². The van der Waals surface area contributed by atoms with E-state index in [9.17, 15) is 0 Å². The topological polar surface area (TPSA) is 38.5 Å². The van der Waals surface area contributed by atoms with Gasteiger partial charge in [-0.2, -0.15) is 0 Å². The maximum atomic E-state index is 8.63. The van der Waals surface area contributed by atoms with E-state index in [2.05, 4.69) is 235 Å². The molecule has 0 fully saturated rings. The van der Waals surface area contributed by atoms with Crippen molar-refractivity contribution in [1.82, 2.24) is 14.1 Å². The van der Waals surface area contributed by atoms with Crippen LogP contribution in [0.25, 0.3) is 66.9 Å². The SMILES string of the molecule is [2H]C([2H])([2H])c1ccccc1-c1ccc(N2B3c4ccccc4-c4ccccc4N3c3ccccc32)nc1Oc1cccc(-n2[c](=[Pt])n(-c3c(-c4ccccc4)cccc3-c3ccc(C(C)(C)C)cc3)c3ccccc32)c1. The first kappa shape index (κ1) is 41.4. The number of aryl methyl sites for hydroxylation is 1. The number of hydrogen-bond donors (Lipinski definition) is 0. The number of anilines is 4. The van der Waals surface area contributed by atoms with E-state index in [0.717, 1.165) is 76.6 Å². The minimum absolute atomic E-state index is 0.0172. The number of benzene rings is 9. The second-order valence-corrected chi connectivity index (χ2v) is 20.7. The van der Waals surface area contributed by atoms with Gasteiger partial charge in [0.15, 0.2) is 0 Å². The van der Waals surface area contributed by atoms with Crippen LogP contribution in [0, 0.1) is 10.7 Å². The molecular weight excluding hydrogens is 1070 g/mol. The molecule has 0 radical (unpaired) electrons. The first-order valence-corrected chi connectivity index (χ1v) is 25.8. The maximum absolute atomic E-state index is 8.63. The molecule has 6 nitrogen and oxygen atoms in total. The van der Waals surface area contributed by atoms with E-state index < -0.39 is 6.85 Å². The summed E-state index contributed by atoms with van der Waals surface area (Å²) in [5.74, 6) is 1.48. The predicted molar refractivity (Wildman–Crippen MR) is 298 cm³/mol. The van der Waals surface area contributed by atoms with Crippen LogP contribution >= 0.6 is 0 Å². The summed E-state index contributed by atoms with van der Waals surface area (Å²) in [6, 6.07) is 79.5. The van der Waals surface area contributed by atoms with Gasteiger partial charge in [-0.3, -0.25) is 0 Å². The molecule has 13 rings (SSSR count). The third kappa shape index (κ3) is 7.52. The van der Waals surface area contributed by atoms with Crippen LogP contribution in [0.2, 0.25) is 0 Å². The van der Waals surface area contributed by atoms with Gasteiger partial charge in [-0.1, -0.05) is 54.6 Å². The molecule has 0 unspecified atom stereocenters. The summed E-state index contributed by atoms with van der Waals surface area (Å²) >= 11 is 2.48. The number of hydrogen-bond acceptors (Lipinski definition) is 4. The van der Waals surface area contributed by atoms with Gasteiger partial charge in [-0.05, 0) is 17.7 Å². The summed E-state index contributed by atoms with van der Waals surface area (Å²) in [4.78, 5) is 10.1. The number of pyridine rings is 1. The average molecular weight is 1130 g/mol. The zero-order chi connectivity index (χ0) is 51.9. The van der Waals surface area contributed by atoms with E-state index in [0.29, 0.717) is 22.7 Å². The fraction of sp³-hybridized carbons (Fsp3) is 0.0769. The van der Waals surface area contributed by atoms with Gasteiger partial charge in [0.25, 0.3) is 0 Å². The summed E-state index contributed by atoms with van der Waals surface area (Å²) in [7, 11) is 0. The van der Waals surface area contributed by atoms with Crippen molar-refractivity contribution in [2.24, 2.45) is 0 Å². The van der Waals surface area contributed by atoms with Crippen LogP contribution in [-0.2, 0) is 24.8 Å². The van der Waals surface area contributed by atoms with Crippen LogP contribution in [0.3, 0.4) is 0 Å². The predicted octanol–water partition coefficient (Wildman–Crippen LogP) is 16.0. The second-order valence-electron chi connectivity index (χ2n) is 19.7. The van der Waals surface area contributed by atoms with Crippen molar-refractivity contribution in [2.75, 3.05) is 9.62 Å². The Balaban J connectivity index is 0.973. The zero-order valence-electron chi connectivity index (χ0n) is 43.5. The summed E-state index contributed by atoms with van der Waals surface area (Å²) < 4.78 is 38.6. The normalized spacial score (nSPS) is 13.4.